The van der Waals surface area contributed by atoms with Gasteiger partial charge in [0.05, 0.1) is 0 Å². The van der Waals surface area contributed by atoms with Gasteiger partial charge in [0.25, 0.3) is 0 Å². The number of carbonyl (C=O) groups is 1. The third-order valence-corrected chi connectivity index (χ3v) is 2.76. The van der Waals surface area contributed by atoms with Gasteiger partial charge in [0.1, 0.15) is 0 Å². The Morgan fingerprint density at radius 1 is 0.700 bits per heavy atom. The molecular formula is C18H28O2. The summed E-state index contributed by atoms with van der Waals surface area (Å²) in [6.07, 6.45) is 24.6. The zero-order valence-electron chi connectivity index (χ0n) is 12.6. The highest BCUT2D eigenvalue weighted by Crippen LogP contribution is 2.00. The molecule has 0 aromatic rings. The van der Waals surface area contributed by atoms with Crippen molar-refractivity contribution in [2.24, 2.45) is 0 Å². The van der Waals surface area contributed by atoms with Gasteiger partial charge < -0.3 is 5.11 Å². The SMILES string of the molecule is CC=CCCC=CCCC=CCCC=CCCC(=O)O. The maximum Gasteiger partial charge on any atom is 0.303 e. The Hall–Kier alpha value is -1.57. The maximum absolute atomic E-state index is 10.3. The molecule has 0 rings (SSSR count). The summed E-state index contributed by atoms with van der Waals surface area (Å²) in [6.45, 7) is 2.05. The first kappa shape index (κ1) is 18.4. The van der Waals surface area contributed by atoms with Crippen LogP contribution < -0.4 is 0 Å². The molecule has 0 aliphatic rings. The van der Waals surface area contributed by atoms with Gasteiger partial charge in [-0.2, -0.15) is 0 Å². The molecule has 0 saturated carbocycles. The van der Waals surface area contributed by atoms with Crippen molar-refractivity contribution < 1.29 is 9.90 Å². The van der Waals surface area contributed by atoms with Gasteiger partial charge in [-0.1, -0.05) is 48.6 Å². The first-order valence-electron chi connectivity index (χ1n) is 7.55. The van der Waals surface area contributed by atoms with Crippen molar-refractivity contribution >= 4 is 5.97 Å². The topological polar surface area (TPSA) is 37.3 Å². The highest BCUT2D eigenvalue weighted by molar-refractivity contribution is 5.66. The van der Waals surface area contributed by atoms with Gasteiger partial charge >= 0.3 is 5.97 Å². The van der Waals surface area contributed by atoms with E-state index < -0.39 is 5.97 Å². The minimum absolute atomic E-state index is 0.229. The van der Waals surface area contributed by atoms with E-state index in [9.17, 15) is 4.79 Å². The van der Waals surface area contributed by atoms with Gasteiger partial charge in [-0.05, 0) is 51.9 Å². The second kappa shape index (κ2) is 15.5. The molecule has 0 fully saturated rings. The van der Waals surface area contributed by atoms with Crippen molar-refractivity contribution in [3.05, 3.63) is 48.6 Å². The summed E-state index contributed by atoms with van der Waals surface area (Å²) in [7, 11) is 0. The van der Waals surface area contributed by atoms with Gasteiger partial charge in [-0.3, -0.25) is 4.79 Å². The molecule has 0 aromatic carbocycles. The summed E-state index contributed by atoms with van der Waals surface area (Å²) < 4.78 is 0. The minimum Gasteiger partial charge on any atom is -0.481 e. The molecule has 0 radical (unpaired) electrons. The first-order valence-corrected chi connectivity index (χ1v) is 7.55. The predicted octanol–water partition coefficient (Wildman–Crippen LogP) is 5.44. The zero-order valence-corrected chi connectivity index (χ0v) is 12.6. The minimum atomic E-state index is -0.728. The van der Waals surface area contributed by atoms with E-state index in [0.717, 1.165) is 38.5 Å². The Kier molecular flexibility index (Phi) is 14.3. The average Bonchev–Trinajstić information content (AvgIpc) is 2.43. The van der Waals surface area contributed by atoms with Crippen LogP contribution in [0.4, 0.5) is 0 Å². The highest BCUT2D eigenvalue weighted by atomic mass is 16.4. The molecule has 20 heavy (non-hydrogen) atoms. The Balaban J connectivity index is 3.33. The molecule has 0 amide bonds. The van der Waals surface area contributed by atoms with E-state index in [2.05, 4.69) is 49.5 Å². The third-order valence-electron chi connectivity index (χ3n) is 2.76. The van der Waals surface area contributed by atoms with E-state index in [1.54, 1.807) is 0 Å². The van der Waals surface area contributed by atoms with Crippen molar-refractivity contribution in [2.75, 3.05) is 0 Å². The predicted molar refractivity (Wildman–Crippen MR) is 86.8 cm³/mol. The van der Waals surface area contributed by atoms with Crippen LogP contribution in [0, 0.1) is 0 Å². The van der Waals surface area contributed by atoms with Crippen molar-refractivity contribution in [3.63, 3.8) is 0 Å². The van der Waals surface area contributed by atoms with E-state index in [0.29, 0.717) is 6.42 Å². The number of aliphatic carboxylic acids is 1. The van der Waals surface area contributed by atoms with Crippen LogP contribution in [0.5, 0.6) is 0 Å². The van der Waals surface area contributed by atoms with Crippen LogP contribution in [0.2, 0.25) is 0 Å². The van der Waals surface area contributed by atoms with Gasteiger partial charge in [-0.15, -0.1) is 0 Å². The molecule has 0 saturated heterocycles. The number of unbranched alkanes of at least 4 members (excludes halogenated alkanes) is 3. The summed E-state index contributed by atoms with van der Waals surface area (Å²) >= 11 is 0. The molecule has 0 atom stereocenters. The van der Waals surface area contributed by atoms with Crippen LogP contribution in [-0.2, 0) is 4.79 Å². The molecule has 0 spiro atoms. The number of carboxylic acids is 1. The quantitative estimate of drug-likeness (QED) is 0.381. The smallest absolute Gasteiger partial charge is 0.303 e. The molecule has 2 heteroatoms. The highest BCUT2D eigenvalue weighted by Gasteiger charge is 1.90. The van der Waals surface area contributed by atoms with Gasteiger partial charge in [0.15, 0.2) is 0 Å². The second-order valence-corrected chi connectivity index (χ2v) is 4.65. The Morgan fingerprint density at radius 3 is 1.40 bits per heavy atom. The number of rotatable bonds is 12. The summed E-state index contributed by atoms with van der Waals surface area (Å²) in [6, 6.07) is 0. The largest absolute Gasteiger partial charge is 0.481 e. The van der Waals surface area contributed by atoms with Gasteiger partial charge in [-0.25, -0.2) is 0 Å². The van der Waals surface area contributed by atoms with E-state index in [1.807, 2.05) is 6.08 Å². The van der Waals surface area contributed by atoms with Crippen molar-refractivity contribution in [2.45, 2.75) is 58.3 Å². The average molecular weight is 276 g/mol. The second-order valence-electron chi connectivity index (χ2n) is 4.65. The molecule has 2 nitrogen and oxygen atoms in total. The van der Waals surface area contributed by atoms with E-state index in [1.165, 1.54) is 0 Å². The van der Waals surface area contributed by atoms with Crippen LogP contribution in [0.3, 0.4) is 0 Å². The standard InChI is InChI=1S/C18H28O2/c1-2-3-4-5-6-7-8-9-10-11-12-13-14-15-16-17-18(19)20/h2-3,6-7,10-11,14-15H,4-5,8-9,12-13,16-17H2,1H3,(H,19,20). The summed E-state index contributed by atoms with van der Waals surface area (Å²) in [4.78, 5) is 10.3. The molecule has 0 aliphatic heterocycles. The van der Waals surface area contributed by atoms with E-state index in [-0.39, 0.29) is 6.42 Å². The zero-order chi connectivity index (χ0) is 14.9. The molecular weight excluding hydrogens is 248 g/mol. The monoisotopic (exact) mass is 276 g/mol. The first-order chi connectivity index (χ1) is 9.77. The fraction of sp³-hybridized carbons (Fsp3) is 0.500. The Labute approximate surface area is 123 Å². The number of hydrogen-bond donors (Lipinski definition) is 1. The van der Waals surface area contributed by atoms with Crippen LogP contribution in [0.15, 0.2) is 48.6 Å². The number of carboxylic acid groups (broad SMARTS) is 1. The Morgan fingerprint density at radius 2 is 1.05 bits per heavy atom. The summed E-state index contributed by atoms with van der Waals surface area (Å²) in [5.74, 6) is -0.728. The normalized spacial score (nSPS) is 12.4. The lowest BCUT2D eigenvalue weighted by Gasteiger charge is -1.90. The lowest BCUT2D eigenvalue weighted by atomic mass is 10.2. The van der Waals surface area contributed by atoms with Crippen molar-refractivity contribution in [1.82, 2.24) is 0 Å². The molecule has 0 heterocycles. The molecule has 0 aliphatic carbocycles. The van der Waals surface area contributed by atoms with Crippen molar-refractivity contribution in [1.29, 1.82) is 0 Å². The molecule has 112 valence electrons. The van der Waals surface area contributed by atoms with Gasteiger partial charge in [0.2, 0.25) is 0 Å². The fourth-order valence-corrected chi connectivity index (χ4v) is 1.66. The maximum atomic E-state index is 10.3. The summed E-state index contributed by atoms with van der Waals surface area (Å²) in [5.41, 5.74) is 0. The molecule has 0 bridgehead atoms. The third kappa shape index (κ3) is 16.4. The van der Waals surface area contributed by atoms with Crippen molar-refractivity contribution in [3.8, 4) is 0 Å². The van der Waals surface area contributed by atoms with E-state index >= 15 is 0 Å². The van der Waals surface area contributed by atoms with Gasteiger partial charge in [0, 0.05) is 6.42 Å². The Bertz CT molecular complexity index is 335. The number of allylic oxidation sites excluding steroid dienone is 8. The van der Waals surface area contributed by atoms with Crippen LogP contribution in [-0.4, -0.2) is 11.1 Å². The lowest BCUT2D eigenvalue weighted by Crippen LogP contribution is -1.91. The lowest BCUT2D eigenvalue weighted by molar-refractivity contribution is -0.136. The molecule has 0 aromatic heterocycles. The fourth-order valence-electron chi connectivity index (χ4n) is 1.66. The van der Waals surface area contributed by atoms with Crippen LogP contribution in [0.1, 0.15) is 58.3 Å². The number of hydrogen-bond acceptors (Lipinski definition) is 1. The molecule has 1 N–H and O–H groups in total. The summed E-state index contributed by atoms with van der Waals surface area (Å²) in [5, 5.41) is 8.46. The van der Waals surface area contributed by atoms with E-state index in [4.69, 9.17) is 5.11 Å². The molecule has 0 unspecified atom stereocenters. The van der Waals surface area contributed by atoms with Crippen LogP contribution in [0.25, 0.3) is 0 Å². The van der Waals surface area contributed by atoms with Crippen LogP contribution >= 0.6 is 0 Å².